The summed E-state index contributed by atoms with van der Waals surface area (Å²) in [5, 5.41) is 2.79. The zero-order chi connectivity index (χ0) is 19.5. The van der Waals surface area contributed by atoms with E-state index < -0.39 is 11.9 Å². The first-order valence-electron chi connectivity index (χ1n) is 8.67. The number of ether oxygens (including phenoxy) is 3. The van der Waals surface area contributed by atoms with Crippen LogP contribution in [0.1, 0.15) is 28.9 Å². The number of carbonyl (C=O) groups excluding carboxylic acids is 2. The van der Waals surface area contributed by atoms with Gasteiger partial charge < -0.3 is 19.5 Å². The summed E-state index contributed by atoms with van der Waals surface area (Å²) in [5.41, 5.74) is 2.42. The van der Waals surface area contributed by atoms with Crippen LogP contribution in [-0.2, 0) is 9.53 Å². The maximum Gasteiger partial charge on any atom is 0.338 e. The van der Waals surface area contributed by atoms with Crippen molar-refractivity contribution in [1.82, 2.24) is 15.3 Å². The molecule has 1 aliphatic rings. The highest BCUT2D eigenvalue weighted by atomic mass is 16.7. The van der Waals surface area contributed by atoms with Gasteiger partial charge in [-0.1, -0.05) is 6.07 Å². The third-order valence-electron chi connectivity index (χ3n) is 4.31. The normalized spacial score (nSPS) is 13.2. The summed E-state index contributed by atoms with van der Waals surface area (Å²) in [6, 6.07) is 10.0. The molecule has 0 fully saturated rings. The van der Waals surface area contributed by atoms with Crippen LogP contribution in [0.15, 0.2) is 48.8 Å². The summed E-state index contributed by atoms with van der Waals surface area (Å²) < 4.78 is 15.7. The molecule has 0 saturated carbocycles. The van der Waals surface area contributed by atoms with E-state index in [1.54, 1.807) is 36.7 Å². The van der Waals surface area contributed by atoms with E-state index in [1.165, 1.54) is 0 Å². The number of rotatable bonds is 5. The highest BCUT2D eigenvalue weighted by molar-refractivity contribution is 5.94. The molecule has 1 atom stereocenters. The molecule has 0 radical (unpaired) electrons. The fourth-order valence-corrected chi connectivity index (χ4v) is 2.85. The highest BCUT2D eigenvalue weighted by Crippen LogP contribution is 2.34. The summed E-state index contributed by atoms with van der Waals surface area (Å²) in [4.78, 5) is 32.6. The molecule has 1 amide bonds. The molecule has 0 bridgehead atoms. The predicted octanol–water partition coefficient (Wildman–Crippen LogP) is 2.39. The Balaban J connectivity index is 1.33. The molecule has 8 nitrogen and oxygen atoms in total. The minimum atomic E-state index is -0.599. The molecule has 2 heterocycles. The van der Waals surface area contributed by atoms with E-state index in [1.807, 2.05) is 19.1 Å². The summed E-state index contributed by atoms with van der Waals surface area (Å²) in [7, 11) is 0. The molecule has 8 heteroatoms. The number of nitrogens with zero attached hydrogens (tertiary/aromatic N) is 2. The molecule has 1 N–H and O–H groups in total. The molecule has 2 aromatic carbocycles. The number of amides is 1. The number of esters is 1. The van der Waals surface area contributed by atoms with Crippen molar-refractivity contribution in [3.63, 3.8) is 0 Å². The van der Waals surface area contributed by atoms with Crippen LogP contribution in [-0.4, -0.2) is 35.2 Å². The Hall–Kier alpha value is -3.68. The Labute approximate surface area is 160 Å². The first-order chi connectivity index (χ1) is 13.6. The van der Waals surface area contributed by atoms with Gasteiger partial charge in [0.2, 0.25) is 6.79 Å². The van der Waals surface area contributed by atoms with Crippen molar-refractivity contribution >= 4 is 22.9 Å². The van der Waals surface area contributed by atoms with E-state index in [-0.39, 0.29) is 19.4 Å². The van der Waals surface area contributed by atoms with Crippen molar-refractivity contribution in [2.24, 2.45) is 0 Å². The quantitative estimate of drug-likeness (QED) is 0.680. The van der Waals surface area contributed by atoms with E-state index >= 15 is 0 Å². The number of aromatic nitrogens is 2. The van der Waals surface area contributed by atoms with Gasteiger partial charge in [0.15, 0.2) is 18.1 Å². The van der Waals surface area contributed by atoms with Crippen LogP contribution >= 0.6 is 0 Å². The Morgan fingerprint density at radius 3 is 2.71 bits per heavy atom. The molecule has 4 rings (SSSR count). The summed E-state index contributed by atoms with van der Waals surface area (Å²) >= 11 is 0. The van der Waals surface area contributed by atoms with E-state index in [4.69, 9.17) is 14.2 Å². The molecule has 28 heavy (non-hydrogen) atoms. The fraction of sp³-hybridized carbons (Fsp3) is 0.200. The van der Waals surface area contributed by atoms with Crippen LogP contribution in [0.2, 0.25) is 0 Å². The zero-order valence-corrected chi connectivity index (χ0v) is 15.0. The topological polar surface area (TPSA) is 99.6 Å². The van der Waals surface area contributed by atoms with Gasteiger partial charge >= 0.3 is 5.97 Å². The Morgan fingerprint density at radius 2 is 1.86 bits per heavy atom. The summed E-state index contributed by atoms with van der Waals surface area (Å²) in [6.07, 6.45) is 3.12. The smallest absolute Gasteiger partial charge is 0.338 e. The second-order valence-electron chi connectivity index (χ2n) is 6.24. The van der Waals surface area contributed by atoms with Crippen LogP contribution in [0.4, 0.5) is 0 Å². The molecule has 0 spiro atoms. The van der Waals surface area contributed by atoms with Gasteiger partial charge in [-0.15, -0.1) is 0 Å². The van der Waals surface area contributed by atoms with Crippen molar-refractivity contribution in [3.05, 3.63) is 59.9 Å². The van der Waals surface area contributed by atoms with Gasteiger partial charge in [-0.05, 0) is 42.8 Å². The number of hydrogen-bond acceptors (Lipinski definition) is 7. The number of carbonyl (C=O) groups is 2. The van der Waals surface area contributed by atoms with Gasteiger partial charge in [0, 0.05) is 12.4 Å². The van der Waals surface area contributed by atoms with Crippen LogP contribution in [0.5, 0.6) is 11.5 Å². The third-order valence-corrected chi connectivity index (χ3v) is 4.31. The molecule has 0 saturated heterocycles. The van der Waals surface area contributed by atoms with Gasteiger partial charge in [-0.3, -0.25) is 14.8 Å². The minimum absolute atomic E-state index is 0.190. The monoisotopic (exact) mass is 379 g/mol. The largest absolute Gasteiger partial charge is 0.454 e. The van der Waals surface area contributed by atoms with Crippen molar-refractivity contribution in [3.8, 4) is 11.5 Å². The lowest BCUT2D eigenvalue weighted by Gasteiger charge is -2.15. The standard InChI is InChI=1S/C20H17N3O5/c1-12(13-3-5-17-18(9-13)28-11-27-17)23-19(24)10-26-20(25)14-2-4-15-16(8-14)22-7-6-21-15/h2-9,12H,10-11H2,1H3,(H,23,24)/t12-/m1/s1. The first-order valence-corrected chi connectivity index (χ1v) is 8.67. The number of fused-ring (bicyclic) bond motifs is 2. The molecule has 0 aliphatic carbocycles. The molecular formula is C20H17N3O5. The van der Waals surface area contributed by atoms with Crippen molar-refractivity contribution in [1.29, 1.82) is 0 Å². The third kappa shape index (κ3) is 3.71. The lowest BCUT2D eigenvalue weighted by molar-refractivity contribution is -0.124. The molecule has 142 valence electrons. The van der Waals surface area contributed by atoms with Crippen LogP contribution in [0, 0.1) is 0 Å². The van der Waals surface area contributed by atoms with Crippen molar-refractivity contribution in [2.45, 2.75) is 13.0 Å². The second kappa shape index (κ2) is 7.51. The van der Waals surface area contributed by atoms with Crippen molar-refractivity contribution < 1.29 is 23.8 Å². The first kappa shape index (κ1) is 17.7. The molecule has 1 aromatic heterocycles. The van der Waals surface area contributed by atoms with E-state index in [0.717, 1.165) is 5.56 Å². The number of hydrogen-bond donors (Lipinski definition) is 1. The SMILES string of the molecule is C[C@@H](NC(=O)COC(=O)c1ccc2nccnc2c1)c1ccc2c(c1)OCO2. The van der Waals surface area contributed by atoms with E-state index in [0.29, 0.717) is 28.1 Å². The van der Waals surface area contributed by atoms with Gasteiger partial charge in [0.25, 0.3) is 5.91 Å². The van der Waals surface area contributed by atoms with Gasteiger partial charge in [-0.25, -0.2) is 4.79 Å². The van der Waals surface area contributed by atoms with Crippen LogP contribution < -0.4 is 14.8 Å². The lowest BCUT2D eigenvalue weighted by atomic mass is 10.1. The van der Waals surface area contributed by atoms with Gasteiger partial charge in [0.05, 0.1) is 22.6 Å². The van der Waals surface area contributed by atoms with Crippen molar-refractivity contribution in [2.75, 3.05) is 13.4 Å². The second-order valence-corrected chi connectivity index (χ2v) is 6.24. The van der Waals surface area contributed by atoms with Crippen LogP contribution in [0.3, 0.4) is 0 Å². The highest BCUT2D eigenvalue weighted by Gasteiger charge is 2.18. The lowest BCUT2D eigenvalue weighted by Crippen LogP contribution is -2.31. The average molecular weight is 379 g/mol. The number of nitrogens with one attached hydrogen (secondary N) is 1. The molecule has 0 unspecified atom stereocenters. The van der Waals surface area contributed by atoms with Crippen LogP contribution in [0.25, 0.3) is 11.0 Å². The van der Waals surface area contributed by atoms with E-state index in [2.05, 4.69) is 15.3 Å². The predicted molar refractivity (Wildman–Crippen MR) is 98.9 cm³/mol. The molecule has 1 aliphatic heterocycles. The number of benzene rings is 2. The Bertz CT molecular complexity index is 1050. The average Bonchev–Trinajstić information content (AvgIpc) is 3.19. The maximum atomic E-state index is 12.2. The fourth-order valence-electron chi connectivity index (χ4n) is 2.85. The summed E-state index contributed by atoms with van der Waals surface area (Å²) in [5.74, 6) is 0.318. The molecular weight excluding hydrogens is 362 g/mol. The Morgan fingerprint density at radius 1 is 1.07 bits per heavy atom. The van der Waals surface area contributed by atoms with E-state index in [9.17, 15) is 9.59 Å². The minimum Gasteiger partial charge on any atom is -0.454 e. The molecule has 3 aromatic rings. The maximum absolute atomic E-state index is 12.2. The van der Waals surface area contributed by atoms with Gasteiger partial charge in [0.1, 0.15) is 0 Å². The zero-order valence-electron chi connectivity index (χ0n) is 15.0. The van der Waals surface area contributed by atoms with Gasteiger partial charge in [-0.2, -0.15) is 0 Å². The Kier molecular flexibility index (Phi) is 4.76. The summed E-state index contributed by atoms with van der Waals surface area (Å²) in [6.45, 7) is 1.64.